The van der Waals surface area contributed by atoms with Gasteiger partial charge in [0.15, 0.2) is 0 Å². The highest BCUT2D eigenvalue weighted by atomic mass is 35.5. The average molecular weight is 264 g/mol. The number of rotatable bonds is 4. The van der Waals surface area contributed by atoms with Crippen LogP contribution in [-0.2, 0) is 12.8 Å². The van der Waals surface area contributed by atoms with Crippen molar-refractivity contribution in [2.75, 3.05) is 6.54 Å². The van der Waals surface area contributed by atoms with Gasteiger partial charge in [-0.3, -0.25) is 0 Å². The van der Waals surface area contributed by atoms with Crippen LogP contribution in [0.1, 0.15) is 37.8 Å². The molecule has 1 fully saturated rings. The minimum Gasteiger partial charge on any atom is -0.313 e. The maximum atomic E-state index is 6.05. The maximum absolute atomic E-state index is 6.05. The van der Waals surface area contributed by atoms with E-state index < -0.39 is 0 Å². The first-order chi connectivity index (χ1) is 8.59. The van der Waals surface area contributed by atoms with Gasteiger partial charge in [0.2, 0.25) is 0 Å². The second kappa shape index (κ2) is 4.54. The molecule has 0 heterocycles. The largest absolute Gasteiger partial charge is 0.313 e. The molecule has 0 saturated heterocycles. The van der Waals surface area contributed by atoms with E-state index in [1.54, 1.807) is 0 Å². The smallest absolute Gasteiger partial charge is 0.0408 e. The maximum Gasteiger partial charge on any atom is 0.0408 e. The van der Waals surface area contributed by atoms with Crippen molar-refractivity contribution < 1.29 is 0 Å². The summed E-state index contributed by atoms with van der Waals surface area (Å²) in [7, 11) is 0. The Bertz CT molecular complexity index is 448. The molecule has 0 amide bonds. The third-order valence-corrected chi connectivity index (χ3v) is 5.20. The molecular weight excluding hydrogens is 242 g/mol. The van der Waals surface area contributed by atoms with Gasteiger partial charge >= 0.3 is 0 Å². The number of fused-ring (bicyclic) bond motifs is 1. The molecule has 0 radical (unpaired) electrons. The Kier molecular flexibility index (Phi) is 3.15. The molecular formula is C16H22ClN. The van der Waals surface area contributed by atoms with Gasteiger partial charge in [-0.05, 0) is 60.3 Å². The van der Waals surface area contributed by atoms with E-state index in [9.17, 15) is 0 Å². The molecule has 1 nitrogen and oxygen atoms in total. The standard InChI is InChI=1S/C16H22ClN/c1-11(2)16(5-6-16)10-18-15-8-12-3-4-14(17)7-13(12)9-15/h3-4,7,11,15,18H,5-6,8-10H2,1-2H3. The molecule has 2 heteroatoms. The van der Waals surface area contributed by atoms with Crippen LogP contribution < -0.4 is 5.32 Å². The van der Waals surface area contributed by atoms with E-state index in [-0.39, 0.29) is 0 Å². The highest BCUT2D eigenvalue weighted by Gasteiger charge is 2.45. The third kappa shape index (κ3) is 2.31. The SMILES string of the molecule is CC(C)C1(CNC2Cc3ccc(Cl)cc3C2)CC1. The first kappa shape index (κ1) is 12.5. The van der Waals surface area contributed by atoms with Crippen molar-refractivity contribution in [1.29, 1.82) is 0 Å². The summed E-state index contributed by atoms with van der Waals surface area (Å²) in [6.45, 7) is 5.91. The van der Waals surface area contributed by atoms with Gasteiger partial charge in [-0.1, -0.05) is 31.5 Å². The molecule has 1 aromatic rings. The molecule has 0 aliphatic heterocycles. The lowest BCUT2D eigenvalue weighted by molar-refractivity contribution is 0.321. The fourth-order valence-corrected chi connectivity index (χ4v) is 3.39. The van der Waals surface area contributed by atoms with Crippen molar-refractivity contribution in [2.45, 2.75) is 45.6 Å². The lowest BCUT2D eigenvalue weighted by atomic mass is 9.92. The Morgan fingerprint density at radius 1 is 1.28 bits per heavy atom. The molecule has 1 N–H and O–H groups in total. The van der Waals surface area contributed by atoms with E-state index in [1.807, 2.05) is 6.07 Å². The summed E-state index contributed by atoms with van der Waals surface area (Å²) in [5.41, 5.74) is 3.52. The van der Waals surface area contributed by atoms with Gasteiger partial charge in [-0.15, -0.1) is 0 Å². The van der Waals surface area contributed by atoms with Crippen LogP contribution in [0.2, 0.25) is 5.02 Å². The molecule has 2 aliphatic carbocycles. The summed E-state index contributed by atoms with van der Waals surface area (Å²) in [5, 5.41) is 4.66. The summed E-state index contributed by atoms with van der Waals surface area (Å²) in [4.78, 5) is 0. The van der Waals surface area contributed by atoms with E-state index >= 15 is 0 Å². The van der Waals surface area contributed by atoms with Crippen LogP contribution in [0.25, 0.3) is 0 Å². The van der Waals surface area contributed by atoms with Gasteiger partial charge in [0.1, 0.15) is 0 Å². The van der Waals surface area contributed by atoms with E-state index in [1.165, 1.54) is 36.9 Å². The lowest BCUT2D eigenvalue weighted by Crippen LogP contribution is -2.36. The summed E-state index contributed by atoms with van der Waals surface area (Å²) in [5.74, 6) is 0.809. The molecule has 1 unspecified atom stereocenters. The van der Waals surface area contributed by atoms with Crippen molar-refractivity contribution in [3.8, 4) is 0 Å². The molecule has 0 spiro atoms. The second-order valence-corrected chi connectivity index (χ2v) is 6.85. The molecule has 0 aromatic heterocycles. The van der Waals surface area contributed by atoms with Gasteiger partial charge in [-0.25, -0.2) is 0 Å². The number of hydrogen-bond donors (Lipinski definition) is 1. The van der Waals surface area contributed by atoms with Gasteiger partial charge in [-0.2, -0.15) is 0 Å². The highest BCUT2D eigenvalue weighted by Crippen LogP contribution is 2.51. The van der Waals surface area contributed by atoms with Crippen molar-refractivity contribution >= 4 is 11.6 Å². The zero-order valence-electron chi connectivity index (χ0n) is 11.3. The van der Waals surface area contributed by atoms with Crippen molar-refractivity contribution in [1.82, 2.24) is 5.32 Å². The van der Waals surface area contributed by atoms with Gasteiger partial charge in [0, 0.05) is 17.6 Å². The monoisotopic (exact) mass is 263 g/mol. The Morgan fingerprint density at radius 2 is 2.00 bits per heavy atom. The predicted molar refractivity (Wildman–Crippen MR) is 77.2 cm³/mol. The Balaban J connectivity index is 1.58. The average Bonchev–Trinajstić information content (AvgIpc) is 3.02. The normalized spacial score (nSPS) is 24.3. The highest BCUT2D eigenvalue weighted by molar-refractivity contribution is 6.30. The number of hydrogen-bond acceptors (Lipinski definition) is 1. The number of benzene rings is 1. The fourth-order valence-electron chi connectivity index (χ4n) is 3.20. The van der Waals surface area contributed by atoms with Crippen molar-refractivity contribution in [3.05, 3.63) is 34.3 Å². The molecule has 1 atom stereocenters. The third-order valence-electron chi connectivity index (χ3n) is 4.96. The summed E-state index contributed by atoms with van der Waals surface area (Å²) < 4.78 is 0. The van der Waals surface area contributed by atoms with E-state index in [2.05, 4.69) is 31.3 Å². The second-order valence-electron chi connectivity index (χ2n) is 6.42. The quantitative estimate of drug-likeness (QED) is 0.871. The zero-order valence-corrected chi connectivity index (χ0v) is 12.1. The van der Waals surface area contributed by atoms with E-state index in [4.69, 9.17) is 11.6 Å². The Hall–Kier alpha value is -0.530. The summed E-state index contributed by atoms with van der Waals surface area (Å²) >= 11 is 6.05. The Labute approximate surface area is 115 Å². The van der Waals surface area contributed by atoms with Crippen LogP contribution in [0.3, 0.4) is 0 Å². The predicted octanol–water partition coefficient (Wildman–Crippen LogP) is 3.83. The molecule has 2 aliphatic rings. The number of nitrogens with one attached hydrogen (secondary N) is 1. The summed E-state index contributed by atoms with van der Waals surface area (Å²) in [6.07, 6.45) is 5.12. The van der Waals surface area contributed by atoms with E-state index in [0.717, 1.165) is 17.4 Å². The van der Waals surface area contributed by atoms with Crippen LogP contribution in [-0.4, -0.2) is 12.6 Å². The van der Waals surface area contributed by atoms with Crippen LogP contribution >= 0.6 is 11.6 Å². The minimum atomic E-state index is 0.604. The van der Waals surface area contributed by atoms with Crippen LogP contribution in [0, 0.1) is 11.3 Å². The lowest BCUT2D eigenvalue weighted by Gasteiger charge is -2.22. The number of halogens is 1. The van der Waals surface area contributed by atoms with Gasteiger partial charge < -0.3 is 5.32 Å². The Morgan fingerprint density at radius 3 is 2.67 bits per heavy atom. The van der Waals surface area contributed by atoms with Gasteiger partial charge in [0.05, 0.1) is 0 Å². The minimum absolute atomic E-state index is 0.604. The van der Waals surface area contributed by atoms with Crippen molar-refractivity contribution in [2.24, 2.45) is 11.3 Å². The van der Waals surface area contributed by atoms with Crippen LogP contribution in [0.4, 0.5) is 0 Å². The van der Waals surface area contributed by atoms with Gasteiger partial charge in [0.25, 0.3) is 0 Å². The molecule has 1 saturated carbocycles. The molecule has 98 valence electrons. The first-order valence-electron chi connectivity index (χ1n) is 7.10. The topological polar surface area (TPSA) is 12.0 Å². The van der Waals surface area contributed by atoms with Crippen LogP contribution in [0.15, 0.2) is 18.2 Å². The summed E-state index contributed by atoms with van der Waals surface area (Å²) in [6, 6.07) is 6.96. The van der Waals surface area contributed by atoms with Crippen LogP contribution in [0.5, 0.6) is 0 Å². The molecule has 0 bridgehead atoms. The molecule has 1 aromatic carbocycles. The van der Waals surface area contributed by atoms with Crippen molar-refractivity contribution in [3.63, 3.8) is 0 Å². The van der Waals surface area contributed by atoms with E-state index in [0.29, 0.717) is 11.5 Å². The zero-order chi connectivity index (χ0) is 12.8. The fraction of sp³-hybridized carbons (Fsp3) is 0.625. The first-order valence-corrected chi connectivity index (χ1v) is 7.47. The molecule has 3 rings (SSSR count). The molecule has 18 heavy (non-hydrogen) atoms.